The van der Waals surface area contributed by atoms with Gasteiger partial charge in [-0.1, -0.05) is 33.8 Å². The third-order valence-corrected chi connectivity index (χ3v) is 4.47. The van der Waals surface area contributed by atoms with Crippen LogP contribution in [-0.4, -0.2) is 6.04 Å². The molecule has 0 amide bonds. The highest BCUT2D eigenvalue weighted by Gasteiger charge is 2.08. The van der Waals surface area contributed by atoms with Crippen LogP contribution in [0.2, 0.25) is 0 Å². The second-order valence-electron chi connectivity index (χ2n) is 4.61. The summed E-state index contributed by atoms with van der Waals surface area (Å²) in [6.07, 6.45) is 0.774. The van der Waals surface area contributed by atoms with Gasteiger partial charge in [-0.05, 0) is 43.2 Å². The first-order valence-electron chi connectivity index (χ1n) is 6.12. The summed E-state index contributed by atoms with van der Waals surface area (Å²) < 4.78 is 27.4. The van der Waals surface area contributed by atoms with E-state index in [9.17, 15) is 8.78 Å². The maximum atomic E-state index is 13.6. The number of hydrogen-bond donors (Lipinski definition) is 1. The zero-order valence-corrected chi connectivity index (χ0v) is 13.3. The van der Waals surface area contributed by atoms with E-state index in [-0.39, 0.29) is 6.04 Å². The van der Waals surface area contributed by atoms with Crippen LogP contribution in [0.15, 0.2) is 50.7 Å². The molecule has 0 saturated heterocycles. The molecule has 2 aromatic carbocycles. The number of benzene rings is 2. The Kier molecular flexibility index (Phi) is 5.18. The molecule has 2 N–H and O–H groups in total. The predicted molar refractivity (Wildman–Crippen MR) is 82.0 cm³/mol. The molecule has 5 heteroatoms. The topological polar surface area (TPSA) is 26.0 Å². The molecule has 0 radical (unpaired) electrons. The van der Waals surface area contributed by atoms with Gasteiger partial charge in [0.05, 0.1) is 0 Å². The Labute approximate surface area is 129 Å². The van der Waals surface area contributed by atoms with Crippen molar-refractivity contribution in [2.24, 2.45) is 5.73 Å². The van der Waals surface area contributed by atoms with Gasteiger partial charge >= 0.3 is 0 Å². The summed E-state index contributed by atoms with van der Waals surface area (Å²) in [7, 11) is 0. The van der Waals surface area contributed by atoms with Gasteiger partial charge in [0.1, 0.15) is 11.6 Å². The smallest absolute Gasteiger partial charge is 0.140 e. The molecule has 106 valence electrons. The SMILES string of the molecule is CC(N)Cc1ccc(Sc2ccc(F)cc2F)cc1Br. The first-order chi connectivity index (χ1) is 9.45. The van der Waals surface area contributed by atoms with Gasteiger partial charge in [0.2, 0.25) is 0 Å². The maximum Gasteiger partial charge on any atom is 0.140 e. The Morgan fingerprint density at radius 1 is 1.20 bits per heavy atom. The lowest BCUT2D eigenvalue weighted by Crippen LogP contribution is -2.17. The molecule has 1 nitrogen and oxygen atoms in total. The van der Waals surface area contributed by atoms with Crippen molar-refractivity contribution in [2.45, 2.75) is 29.2 Å². The molecule has 1 atom stereocenters. The summed E-state index contributed by atoms with van der Waals surface area (Å²) in [6, 6.07) is 9.48. The third kappa shape index (κ3) is 4.04. The van der Waals surface area contributed by atoms with Crippen LogP contribution in [0.25, 0.3) is 0 Å². The summed E-state index contributed by atoms with van der Waals surface area (Å²) in [4.78, 5) is 1.29. The van der Waals surface area contributed by atoms with Crippen LogP contribution in [0.5, 0.6) is 0 Å². The monoisotopic (exact) mass is 357 g/mol. The normalized spacial score (nSPS) is 12.4. The van der Waals surface area contributed by atoms with E-state index < -0.39 is 11.6 Å². The summed E-state index contributed by atoms with van der Waals surface area (Å²) in [5.74, 6) is -1.12. The van der Waals surface area contributed by atoms with Crippen molar-refractivity contribution in [3.8, 4) is 0 Å². The molecule has 0 fully saturated rings. The minimum Gasteiger partial charge on any atom is -0.328 e. The average Bonchev–Trinajstić information content (AvgIpc) is 2.36. The Balaban J connectivity index is 2.20. The molecule has 0 bridgehead atoms. The van der Waals surface area contributed by atoms with E-state index in [1.54, 1.807) is 0 Å². The minimum absolute atomic E-state index is 0.0827. The van der Waals surface area contributed by atoms with E-state index in [4.69, 9.17) is 5.73 Å². The highest BCUT2D eigenvalue weighted by Crippen LogP contribution is 2.33. The lowest BCUT2D eigenvalue weighted by atomic mass is 10.1. The Morgan fingerprint density at radius 2 is 1.95 bits per heavy atom. The molecule has 0 spiro atoms. The molecular weight excluding hydrogens is 344 g/mol. The summed E-state index contributed by atoms with van der Waals surface area (Å²) >= 11 is 4.76. The highest BCUT2D eigenvalue weighted by molar-refractivity contribution is 9.10. The molecule has 0 heterocycles. The highest BCUT2D eigenvalue weighted by atomic mass is 79.9. The molecule has 2 rings (SSSR count). The van der Waals surface area contributed by atoms with Crippen LogP contribution in [0.1, 0.15) is 12.5 Å². The lowest BCUT2D eigenvalue weighted by molar-refractivity contribution is 0.565. The van der Waals surface area contributed by atoms with E-state index >= 15 is 0 Å². The minimum atomic E-state index is -0.569. The van der Waals surface area contributed by atoms with E-state index in [1.807, 2.05) is 25.1 Å². The Hall–Kier alpha value is -0.910. The summed E-state index contributed by atoms with van der Waals surface area (Å²) in [6.45, 7) is 1.95. The van der Waals surface area contributed by atoms with Crippen molar-refractivity contribution in [1.29, 1.82) is 0 Å². The van der Waals surface area contributed by atoms with Crippen molar-refractivity contribution >= 4 is 27.7 Å². The van der Waals surface area contributed by atoms with E-state index in [0.29, 0.717) is 4.90 Å². The second kappa shape index (κ2) is 6.70. The van der Waals surface area contributed by atoms with Crippen LogP contribution in [-0.2, 0) is 6.42 Å². The van der Waals surface area contributed by atoms with E-state index in [0.717, 1.165) is 27.4 Å². The summed E-state index contributed by atoms with van der Waals surface area (Å²) in [5, 5.41) is 0. The van der Waals surface area contributed by atoms with Gasteiger partial charge in [-0.25, -0.2) is 8.78 Å². The van der Waals surface area contributed by atoms with Gasteiger partial charge in [-0.2, -0.15) is 0 Å². The van der Waals surface area contributed by atoms with Crippen LogP contribution < -0.4 is 5.73 Å². The van der Waals surface area contributed by atoms with Crippen LogP contribution in [0, 0.1) is 11.6 Å². The maximum absolute atomic E-state index is 13.6. The fourth-order valence-electron chi connectivity index (χ4n) is 1.79. The van der Waals surface area contributed by atoms with Crippen LogP contribution in [0.4, 0.5) is 8.78 Å². The zero-order chi connectivity index (χ0) is 14.7. The number of rotatable bonds is 4. The number of halogens is 3. The molecule has 2 aromatic rings. The average molecular weight is 358 g/mol. The fraction of sp³-hybridized carbons (Fsp3) is 0.200. The molecule has 0 aliphatic rings. The fourth-order valence-corrected chi connectivity index (χ4v) is 3.34. The van der Waals surface area contributed by atoms with Crippen molar-refractivity contribution in [3.05, 3.63) is 58.1 Å². The first-order valence-corrected chi connectivity index (χ1v) is 7.73. The molecule has 0 aliphatic carbocycles. The lowest BCUT2D eigenvalue weighted by Gasteiger charge is -2.10. The molecule has 0 aliphatic heterocycles. The van der Waals surface area contributed by atoms with Crippen LogP contribution in [0.3, 0.4) is 0 Å². The van der Waals surface area contributed by atoms with Crippen molar-refractivity contribution in [2.75, 3.05) is 0 Å². The van der Waals surface area contributed by atoms with Crippen molar-refractivity contribution in [1.82, 2.24) is 0 Å². The van der Waals surface area contributed by atoms with Gasteiger partial charge in [0.25, 0.3) is 0 Å². The standard InChI is InChI=1S/C15H14BrF2NS/c1-9(19)6-10-2-4-12(8-13(10)16)20-15-5-3-11(17)7-14(15)18/h2-5,7-9H,6,19H2,1H3. The molecule has 20 heavy (non-hydrogen) atoms. The molecular formula is C15H14BrF2NS. The van der Waals surface area contributed by atoms with E-state index in [2.05, 4.69) is 15.9 Å². The van der Waals surface area contributed by atoms with Crippen molar-refractivity contribution in [3.63, 3.8) is 0 Å². The second-order valence-corrected chi connectivity index (χ2v) is 6.58. The van der Waals surface area contributed by atoms with Crippen LogP contribution >= 0.6 is 27.7 Å². The summed E-state index contributed by atoms with van der Waals surface area (Å²) in [5.41, 5.74) is 6.89. The third-order valence-electron chi connectivity index (χ3n) is 2.69. The quantitative estimate of drug-likeness (QED) is 0.852. The molecule has 0 saturated carbocycles. The van der Waals surface area contributed by atoms with Gasteiger partial charge in [0.15, 0.2) is 0 Å². The number of nitrogens with two attached hydrogens (primary N) is 1. The Morgan fingerprint density at radius 3 is 2.55 bits per heavy atom. The van der Waals surface area contributed by atoms with Crippen molar-refractivity contribution < 1.29 is 8.78 Å². The Bertz CT molecular complexity index is 617. The van der Waals surface area contributed by atoms with Gasteiger partial charge in [0, 0.05) is 26.4 Å². The van der Waals surface area contributed by atoms with Gasteiger partial charge < -0.3 is 5.73 Å². The zero-order valence-electron chi connectivity index (χ0n) is 10.9. The predicted octanol–water partition coefficient (Wildman–Crippen LogP) is 4.77. The molecule has 0 aromatic heterocycles. The first kappa shape index (κ1) is 15.5. The largest absolute Gasteiger partial charge is 0.328 e. The molecule has 1 unspecified atom stereocenters. The number of hydrogen-bond acceptors (Lipinski definition) is 2. The van der Waals surface area contributed by atoms with Gasteiger partial charge in [-0.3, -0.25) is 0 Å². The van der Waals surface area contributed by atoms with Gasteiger partial charge in [-0.15, -0.1) is 0 Å². The van der Waals surface area contributed by atoms with E-state index in [1.165, 1.54) is 23.9 Å².